The predicted octanol–water partition coefficient (Wildman–Crippen LogP) is 3.19. The van der Waals surface area contributed by atoms with Crippen LogP contribution in [0.4, 0.5) is 10.5 Å². The third kappa shape index (κ3) is 8.21. The minimum Gasteiger partial charge on any atom is -0.444 e. The van der Waals surface area contributed by atoms with Gasteiger partial charge >= 0.3 is 6.09 Å². The van der Waals surface area contributed by atoms with Crippen LogP contribution in [0.1, 0.15) is 44.5 Å². The summed E-state index contributed by atoms with van der Waals surface area (Å²) in [5.74, 6) is -0.186. The van der Waals surface area contributed by atoms with Crippen molar-refractivity contribution in [3.8, 4) is 0 Å². The molecule has 0 atom stereocenters. The van der Waals surface area contributed by atoms with Crippen molar-refractivity contribution < 1.29 is 19.1 Å². The van der Waals surface area contributed by atoms with Crippen LogP contribution in [0.3, 0.4) is 0 Å². The molecular weight excluding hydrogens is 296 g/mol. The number of benzene rings is 1. The fourth-order valence-corrected chi connectivity index (χ4v) is 1.78. The minimum atomic E-state index is -0.570. The number of hydrogen-bond acceptors (Lipinski definition) is 4. The fourth-order valence-electron chi connectivity index (χ4n) is 1.78. The maximum atomic E-state index is 12.0. The Balaban J connectivity index is 2.52. The van der Waals surface area contributed by atoms with E-state index in [-0.39, 0.29) is 5.91 Å². The van der Waals surface area contributed by atoms with Crippen molar-refractivity contribution in [2.24, 2.45) is 0 Å². The Labute approximate surface area is 137 Å². The van der Waals surface area contributed by atoms with Gasteiger partial charge in [0.25, 0.3) is 5.91 Å². The highest BCUT2D eigenvalue weighted by atomic mass is 16.6. The summed E-state index contributed by atoms with van der Waals surface area (Å²) in [6.45, 7) is 9.14. The highest BCUT2D eigenvalue weighted by molar-refractivity contribution is 5.96. The predicted molar refractivity (Wildman–Crippen MR) is 89.7 cm³/mol. The molecule has 128 valence electrons. The SMILES string of the molecule is CCOCCCNC(=O)c1cccc(NC(=O)OC(C)(C)C)c1. The number of carbonyl (C=O) groups excluding carboxylic acids is 2. The van der Waals surface area contributed by atoms with Crippen LogP contribution >= 0.6 is 0 Å². The molecule has 2 amide bonds. The monoisotopic (exact) mass is 322 g/mol. The van der Waals surface area contributed by atoms with E-state index in [9.17, 15) is 9.59 Å². The van der Waals surface area contributed by atoms with E-state index < -0.39 is 11.7 Å². The molecule has 0 radical (unpaired) electrons. The number of rotatable bonds is 7. The first-order valence-electron chi connectivity index (χ1n) is 7.78. The molecule has 1 rings (SSSR count). The molecule has 0 heterocycles. The quantitative estimate of drug-likeness (QED) is 0.756. The number of ether oxygens (including phenoxy) is 2. The summed E-state index contributed by atoms with van der Waals surface area (Å²) in [5, 5.41) is 5.43. The molecule has 0 unspecified atom stereocenters. The van der Waals surface area contributed by atoms with Gasteiger partial charge in [0.1, 0.15) is 5.60 Å². The molecule has 0 aromatic heterocycles. The van der Waals surface area contributed by atoms with Crippen LogP contribution in [-0.2, 0) is 9.47 Å². The second-order valence-electron chi connectivity index (χ2n) is 6.01. The van der Waals surface area contributed by atoms with E-state index >= 15 is 0 Å². The zero-order chi connectivity index (χ0) is 17.3. The average Bonchev–Trinajstić information content (AvgIpc) is 2.45. The molecule has 0 aliphatic heterocycles. The van der Waals surface area contributed by atoms with E-state index in [0.29, 0.717) is 31.0 Å². The fraction of sp³-hybridized carbons (Fsp3) is 0.529. The molecule has 1 aromatic carbocycles. The maximum Gasteiger partial charge on any atom is 0.412 e. The average molecular weight is 322 g/mol. The van der Waals surface area contributed by atoms with Crippen molar-refractivity contribution in [1.29, 1.82) is 0 Å². The summed E-state index contributed by atoms with van der Waals surface area (Å²) in [6.07, 6.45) is 0.210. The second kappa shape index (κ2) is 9.15. The van der Waals surface area contributed by atoms with Crippen LogP contribution in [0, 0.1) is 0 Å². The Kier molecular flexibility index (Phi) is 7.54. The summed E-state index contributed by atoms with van der Waals surface area (Å²) in [5.41, 5.74) is 0.427. The molecule has 0 fully saturated rings. The Hall–Kier alpha value is -2.08. The van der Waals surface area contributed by atoms with E-state index in [1.807, 2.05) is 6.92 Å². The molecule has 0 saturated carbocycles. The first kappa shape index (κ1) is 19.0. The van der Waals surface area contributed by atoms with Gasteiger partial charge in [0.15, 0.2) is 0 Å². The largest absolute Gasteiger partial charge is 0.444 e. The first-order chi connectivity index (χ1) is 10.8. The van der Waals surface area contributed by atoms with Gasteiger partial charge in [0.2, 0.25) is 0 Å². The highest BCUT2D eigenvalue weighted by Crippen LogP contribution is 2.13. The van der Waals surface area contributed by atoms with Gasteiger partial charge in [-0.1, -0.05) is 6.07 Å². The van der Waals surface area contributed by atoms with E-state index in [1.165, 1.54) is 0 Å². The molecule has 1 aromatic rings. The molecule has 0 aliphatic rings. The minimum absolute atomic E-state index is 0.186. The highest BCUT2D eigenvalue weighted by Gasteiger charge is 2.16. The summed E-state index contributed by atoms with van der Waals surface area (Å²) in [4.78, 5) is 23.8. The number of amides is 2. The normalized spacial score (nSPS) is 11.0. The van der Waals surface area contributed by atoms with Crippen LogP contribution in [0.25, 0.3) is 0 Å². The molecule has 0 spiro atoms. The van der Waals surface area contributed by atoms with Gasteiger partial charge in [0, 0.05) is 31.0 Å². The molecule has 0 bridgehead atoms. The van der Waals surface area contributed by atoms with Crippen LogP contribution in [0.5, 0.6) is 0 Å². The van der Waals surface area contributed by atoms with Crippen LogP contribution in [0.2, 0.25) is 0 Å². The molecule has 0 aliphatic carbocycles. The van der Waals surface area contributed by atoms with Crippen molar-refractivity contribution in [1.82, 2.24) is 5.32 Å². The smallest absolute Gasteiger partial charge is 0.412 e. The van der Waals surface area contributed by atoms with Crippen molar-refractivity contribution in [2.45, 2.75) is 39.7 Å². The van der Waals surface area contributed by atoms with Gasteiger partial charge < -0.3 is 14.8 Å². The van der Waals surface area contributed by atoms with Crippen molar-refractivity contribution in [2.75, 3.05) is 25.1 Å². The Morgan fingerprint density at radius 2 is 1.96 bits per heavy atom. The van der Waals surface area contributed by atoms with Crippen LogP contribution in [0.15, 0.2) is 24.3 Å². The summed E-state index contributed by atoms with van der Waals surface area (Å²) in [7, 11) is 0. The summed E-state index contributed by atoms with van der Waals surface area (Å²) < 4.78 is 10.4. The van der Waals surface area contributed by atoms with E-state index in [0.717, 1.165) is 6.42 Å². The van der Waals surface area contributed by atoms with Crippen molar-refractivity contribution >= 4 is 17.7 Å². The zero-order valence-corrected chi connectivity index (χ0v) is 14.3. The summed E-state index contributed by atoms with van der Waals surface area (Å²) >= 11 is 0. The van der Waals surface area contributed by atoms with Crippen LogP contribution in [-0.4, -0.2) is 37.4 Å². The molecule has 6 heteroatoms. The number of nitrogens with one attached hydrogen (secondary N) is 2. The van der Waals surface area contributed by atoms with Crippen molar-refractivity contribution in [3.63, 3.8) is 0 Å². The van der Waals surface area contributed by atoms with Gasteiger partial charge in [-0.15, -0.1) is 0 Å². The molecule has 6 nitrogen and oxygen atoms in total. The van der Waals surface area contributed by atoms with Gasteiger partial charge in [-0.2, -0.15) is 0 Å². The Bertz CT molecular complexity index is 524. The third-order valence-electron chi connectivity index (χ3n) is 2.73. The molecule has 2 N–H and O–H groups in total. The van der Waals surface area contributed by atoms with Gasteiger partial charge in [-0.25, -0.2) is 4.79 Å². The van der Waals surface area contributed by atoms with E-state index in [4.69, 9.17) is 9.47 Å². The van der Waals surface area contributed by atoms with Crippen molar-refractivity contribution in [3.05, 3.63) is 29.8 Å². The lowest BCUT2D eigenvalue weighted by Gasteiger charge is -2.19. The van der Waals surface area contributed by atoms with E-state index in [2.05, 4.69) is 10.6 Å². The summed E-state index contributed by atoms with van der Waals surface area (Å²) in [6, 6.07) is 6.72. The maximum absolute atomic E-state index is 12.0. The van der Waals surface area contributed by atoms with Gasteiger partial charge in [-0.05, 0) is 52.3 Å². The lowest BCUT2D eigenvalue weighted by molar-refractivity contribution is 0.0635. The first-order valence-corrected chi connectivity index (χ1v) is 7.78. The van der Waals surface area contributed by atoms with E-state index in [1.54, 1.807) is 45.0 Å². The van der Waals surface area contributed by atoms with Crippen LogP contribution < -0.4 is 10.6 Å². The third-order valence-corrected chi connectivity index (χ3v) is 2.73. The number of hydrogen-bond donors (Lipinski definition) is 2. The van der Waals surface area contributed by atoms with Gasteiger partial charge in [-0.3, -0.25) is 10.1 Å². The standard InChI is InChI=1S/C17H26N2O4/c1-5-22-11-7-10-18-15(20)13-8-6-9-14(12-13)19-16(21)23-17(2,3)4/h6,8-9,12H,5,7,10-11H2,1-4H3,(H,18,20)(H,19,21). The molecular formula is C17H26N2O4. The lowest BCUT2D eigenvalue weighted by atomic mass is 10.2. The topological polar surface area (TPSA) is 76.7 Å². The number of anilines is 1. The Morgan fingerprint density at radius 1 is 1.22 bits per heavy atom. The zero-order valence-electron chi connectivity index (χ0n) is 14.3. The van der Waals surface area contributed by atoms with Gasteiger partial charge in [0.05, 0.1) is 0 Å². The Morgan fingerprint density at radius 3 is 2.61 bits per heavy atom. The second-order valence-corrected chi connectivity index (χ2v) is 6.01. The molecule has 0 saturated heterocycles. The number of carbonyl (C=O) groups is 2. The lowest BCUT2D eigenvalue weighted by Crippen LogP contribution is -2.27. The molecule has 23 heavy (non-hydrogen) atoms.